The third-order valence-electron chi connectivity index (χ3n) is 4.18. The van der Waals surface area contributed by atoms with Crippen molar-refractivity contribution in [1.29, 1.82) is 0 Å². The number of nitrogens with zero attached hydrogens (tertiary/aromatic N) is 1. The number of aromatic amines is 1. The van der Waals surface area contributed by atoms with Crippen LogP contribution in [0.25, 0.3) is 11.3 Å². The van der Waals surface area contributed by atoms with Crippen LogP contribution in [0, 0.1) is 0 Å². The van der Waals surface area contributed by atoms with E-state index in [-0.39, 0.29) is 22.7 Å². The minimum absolute atomic E-state index is 0.177. The van der Waals surface area contributed by atoms with Crippen molar-refractivity contribution in [2.45, 2.75) is 0 Å². The molecule has 0 spiro atoms. The monoisotopic (exact) mass is 365 g/mol. The molecule has 0 bridgehead atoms. The molecule has 6 nitrogen and oxygen atoms in total. The molecule has 1 aliphatic rings. The SMILES string of the molecule is NC(=O)c1cccc(C2=NC(=O)c3c(-c4cccc(Cl)c4)[nH]c(O)c32)c1. The van der Waals surface area contributed by atoms with E-state index in [9.17, 15) is 14.7 Å². The minimum atomic E-state index is -0.588. The largest absolute Gasteiger partial charge is 0.494 e. The highest BCUT2D eigenvalue weighted by Crippen LogP contribution is 2.38. The molecular formula is C19H12ClN3O3. The van der Waals surface area contributed by atoms with Gasteiger partial charge in [0.2, 0.25) is 5.91 Å². The number of carbonyl (C=O) groups excluding carboxylic acids is 2. The number of primary amides is 1. The number of rotatable bonds is 3. The van der Waals surface area contributed by atoms with E-state index in [1.54, 1.807) is 42.5 Å². The van der Waals surface area contributed by atoms with Crippen molar-refractivity contribution < 1.29 is 14.7 Å². The van der Waals surface area contributed by atoms with Gasteiger partial charge in [0.15, 0.2) is 5.88 Å². The van der Waals surface area contributed by atoms with Crippen molar-refractivity contribution in [1.82, 2.24) is 4.98 Å². The summed E-state index contributed by atoms with van der Waals surface area (Å²) in [6.45, 7) is 0. The molecule has 0 radical (unpaired) electrons. The van der Waals surface area contributed by atoms with E-state index in [2.05, 4.69) is 9.98 Å². The zero-order valence-electron chi connectivity index (χ0n) is 13.3. The fourth-order valence-corrected chi connectivity index (χ4v) is 3.22. The number of nitrogens with two attached hydrogens (primary N) is 1. The smallest absolute Gasteiger partial charge is 0.280 e. The number of fused-ring (bicyclic) bond motifs is 1. The highest BCUT2D eigenvalue weighted by molar-refractivity contribution is 6.32. The van der Waals surface area contributed by atoms with Gasteiger partial charge >= 0.3 is 0 Å². The van der Waals surface area contributed by atoms with Crippen LogP contribution in [-0.2, 0) is 0 Å². The predicted octanol–water partition coefficient (Wildman–Crippen LogP) is 3.13. The van der Waals surface area contributed by atoms with Gasteiger partial charge in [-0.1, -0.05) is 35.9 Å². The average molecular weight is 366 g/mol. The second-order valence-electron chi connectivity index (χ2n) is 5.82. The van der Waals surface area contributed by atoms with Crippen LogP contribution >= 0.6 is 11.6 Å². The van der Waals surface area contributed by atoms with E-state index < -0.39 is 11.8 Å². The van der Waals surface area contributed by atoms with Gasteiger partial charge in [0, 0.05) is 21.7 Å². The van der Waals surface area contributed by atoms with E-state index in [1.807, 2.05) is 0 Å². The molecule has 0 saturated heterocycles. The van der Waals surface area contributed by atoms with E-state index in [0.717, 1.165) is 0 Å². The van der Waals surface area contributed by atoms with E-state index >= 15 is 0 Å². The maximum Gasteiger partial charge on any atom is 0.280 e. The van der Waals surface area contributed by atoms with Crippen LogP contribution in [0.2, 0.25) is 5.02 Å². The van der Waals surface area contributed by atoms with Gasteiger partial charge < -0.3 is 15.8 Å². The number of benzene rings is 2. The first-order valence-electron chi connectivity index (χ1n) is 7.70. The summed E-state index contributed by atoms with van der Waals surface area (Å²) in [5, 5.41) is 10.9. The maximum atomic E-state index is 12.5. The molecule has 0 atom stereocenters. The van der Waals surface area contributed by atoms with Crippen LogP contribution in [0.15, 0.2) is 53.5 Å². The number of hydrogen-bond donors (Lipinski definition) is 3. The third-order valence-corrected chi connectivity index (χ3v) is 4.41. The molecule has 4 N–H and O–H groups in total. The molecule has 3 aromatic rings. The van der Waals surface area contributed by atoms with E-state index in [4.69, 9.17) is 17.3 Å². The number of aliphatic imine (C=N–C) groups is 1. The summed E-state index contributed by atoms with van der Waals surface area (Å²) < 4.78 is 0. The normalized spacial score (nSPS) is 12.8. The predicted molar refractivity (Wildman–Crippen MR) is 97.8 cm³/mol. The van der Waals surface area contributed by atoms with Crippen LogP contribution in [-0.4, -0.2) is 27.6 Å². The second-order valence-corrected chi connectivity index (χ2v) is 6.26. The van der Waals surface area contributed by atoms with E-state index in [1.165, 1.54) is 6.07 Å². The van der Waals surface area contributed by atoms with Gasteiger partial charge in [-0.3, -0.25) is 9.59 Å². The van der Waals surface area contributed by atoms with Crippen LogP contribution < -0.4 is 5.73 Å². The van der Waals surface area contributed by atoms with Crippen molar-refractivity contribution in [3.63, 3.8) is 0 Å². The fraction of sp³-hybridized carbons (Fsp3) is 0. The van der Waals surface area contributed by atoms with Gasteiger partial charge in [0.1, 0.15) is 0 Å². The summed E-state index contributed by atoms with van der Waals surface area (Å²) in [6.07, 6.45) is 0. The van der Waals surface area contributed by atoms with Crippen molar-refractivity contribution in [3.05, 3.63) is 75.8 Å². The lowest BCUT2D eigenvalue weighted by Gasteiger charge is -2.03. The Morgan fingerprint density at radius 2 is 1.81 bits per heavy atom. The Bertz CT molecular complexity index is 1110. The molecule has 1 aliphatic heterocycles. The first kappa shape index (κ1) is 16.1. The molecule has 2 amide bonds. The van der Waals surface area contributed by atoms with Gasteiger partial charge in [-0.2, -0.15) is 0 Å². The fourth-order valence-electron chi connectivity index (χ4n) is 3.03. The first-order valence-corrected chi connectivity index (χ1v) is 8.08. The van der Waals surface area contributed by atoms with Crippen molar-refractivity contribution >= 4 is 29.1 Å². The molecule has 4 rings (SSSR count). The highest BCUT2D eigenvalue weighted by Gasteiger charge is 2.33. The molecule has 26 heavy (non-hydrogen) atoms. The summed E-state index contributed by atoms with van der Waals surface area (Å²) in [6, 6.07) is 13.4. The number of halogens is 1. The molecular weight excluding hydrogens is 354 g/mol. The average Bonchev–Trinajstić information content (AvgIpc) is 3.14. The Kier molecular flexibility index (Phi) is 3.63. The van der Waals surface area contributed by atoms with Crippen LogP contribution in [0.3, 0.4) is 0 Å². The van der Waals surface area contributed by atoms with Crippen molar-refractivity contribution in [2.75, 3.05) is 0 Å². The summed E-state index contributed by atoms with van der Waals surface area (Å²) >= 11 is 6.03. The quantitative estimate of drug-likeness (QED) is 0.663. The summed E-state index contributed by atoms with van der Waals surface area (Å²) in [4.78, 5) is 30.8. The molecule has 0 aliphatic carbocycles. The Balaban J connectivity index is 1.88. The molecule has 1 aromatic heterocycles. The van der Waals surface area contributed by atoms with Gasteiger partial charge in [-0.15, -0.1) is 0 Å². The molecule has 0 unspecified atom stereocenters. The number of aromatic hydroxyl groups is 1. The Labute approximate surface area is 152 Å². The zero-order chi connectivity index (χ0) is 18.4. The van der Waals surface area contributed by atoms with E-state index in [0.29, 0.717) is 27.4 Å². The lowest BCUT2D eigenvalue weighted by atomic mass is 9.99. The molecule has 0 fully saturated rings. The Morgan fingerprint density at radius 3 is 2.54 bits per heavy atom. The zero-order valence-corrected chi connectivity index (χ0v) is 14.0. The maximum absolute atomic E-state index is 12.5. The topological polar surface area (TPSA) is 109 Å². The van der Waals surface area contributed by atoms with Crippen LogP contribution in [0.4, 0.5) is 0 Å². The molecule has 7 heteroatoms. The summed E-state index contributed by atoms with van der Waals surface area (Å²) in [5.41, 5.74) is 8.07. The first-order chi connectivity index (χ1) is 12.5. The van der Waals surface area contributed by atoms with Crippen molar-refractivity contribution in [3.8, 4) is 17.1 Å². The van der Waals surface area contributed by atoms with Gasteiger partial charge in [-0.25, -0.2) is 4.99 Å². The molecule has 2 heterocycles. The van der Waals surface area contributed by atoms with Crippen molar-refractivity contribution in [2.24, 2.45) is 10.7 Å². The standard InChI is InChI=1S/C19H12ClN3O3/c20-12-6-2-4-10(8-12)16-14-13(18(25)23-16)15(22-19(14)26)9-3-1-5-11(7-9)17(21)24/h1-8,23,25H,(H2,21,24). The number of carbonyl (C=O) groups is 2. The number of H-pyrrole nitrogens is 1. The van der Waals surface area contributed by atoms with Gasteiger partial charge in [0.25, 0.3) is 5.91 Å². The van der Waals surface area contributed by atoms with Gasteiger partial charge in [-0.05, 0) is 24.3 Å². The number of amides is 2. The number of hydrogen-bond acceptors (Lipinski definition) is 3. The third kappa shape index (κ3) is 2.48. The Hall–Kier alpha value is -3.38. The molecule has 128 valence electrons. The van der Waals surface area contributed by atoms with Crippen LogP contribution in [0.5, 0.6) is 5.88 Å². The van der Waals surface area contributed by atoms with Gasteiger partial charge in [0.05, 0.1) is 22.5 Å². The van der Waals surface area contributed by atoms with Crippen LogP contribution in [0.1, 0.15) is 31.8 Å². The second kappa shape index (κ2) is 5.86. The Morgan fingerprint density at radius 1 is 1.08 bits per heavy atom. The number of aromatic nitrogens is 1. The molecule has 0 saturated carbocycles. The molecule has 2 aromatic carbocycles. The highest BCUT2D eigenvalue weighted by atomic mass is 35.5. The minimum Gasteiger partial charge on any atom is -0.494 e. The summed E-state index contributed by atoms with van der Waals surface area (Å²) in [5.74, 6) is -1.25. The summed E-state index contributed by atoms with van der Waals surface area (Å²) in [7, 11) is 0. The number of nitrogens with one attached hydrogen (secondary N) is 1. The lowest BCUT2D eigenvalue weighted by Crippen LogP contribution is -2.12. The lowest BCUT2D eigenvalue weighted by molar-refractivity contribution is 0.0995.